The second kappa shape index (κ2) is 7.47. The van der Waals surface area contributed by atoms with Crippen molar-refractivity contribution in [3.05, 3.63) is 83.7 Å². The highest BCUT2D eigenvalue weighted by atomic mass is 32.2. The van der Waals surface area contributed by atoms with Crippen LogP contribution in [0.2, 0.25) is 0 Å². The minimum absolute atomic E-state index is 0.0376. The summed E-state index contributed by atoms with van der Waals surface area (Å²) in [6, 6.07) is 16.3. The van der Waals surface area contributed by atoms with E-state index in [4.69, 9.17) is 10.5 Å². The number of ether oxygens (including phenoxy) is 1. The first-order valence-electron chi connectivity index (χ1n) is 8.95. The van der Waals surface area contributed by atoms with E-state index in [2.05, 4.69) is 4.72 Å². The highest BCUT2D eigenvalue weighted by Crippen LogP contribution is 2.35. The number of anilines is 1. The second-order valence-corrected chi connectivity index (χ2v) is 8.49. The zero-order chi connectivity index (χ0) is 20.6. The number of halogens is 1. The first-order chi connectivity index (χ1) is 13.8. The predicted molar refractivity (Wildman–Crippen MR) is 107 cm³/mol. The van der Waals surface area contributed by atoms with Crippen molar-refractivity contribution in [2.75, 3.05) is 5.73 Å². The molecule has 4 rings (SSSR count). The first kappa shape index (κ1) is 19.4. The smallest absolute Gasteiger partial charge is 0.244 e. The molecule has 0 saturated heterocycles. The van der Waals surface area contributed by atoms with Gasteiger partial charge in [0, 0.05) is 18.2 Å². The molecule has 0 radical (unpaired) electrons. The summed E-state index contributed by atoms with van der Waals surface area (Å²) in [5.74, 6) is -0.886. The number of aliphatic hydroxyl groups is 1. The van der Waals surface area contributed by atoms with E-state index in [-0.39, 0.29) is 22.1 Å². The van der Waals surface area contributed by atoms with Gasteiger partial charge in [-0.15, -0.1) is 0 Å². The maximum absolute atomic E-state index is 14.1. The van der Waals surface area contributed by atoms with Gasteiger partial charge in [-0.1, -0.05) is 36.4 Å². The summed E-state index contributed by atoms with van der Waals surface area (Å²) >= 11 is 0. The number of hydrogen-bond acceptors (Lipinski definition) is 5. The number of sulfonamides is 1. The lowest BCUT2D eigenvalue weighted by atomic mass is 10.1. The Labute approximate surface area is 167 Å². The third kappa shape index (κ3) is 3.82. The lowest BCUT2D eigenvalue weighted by Crippen LogP contribution is -2.34. The van der Waals surface area contributed by atoms with Gasteiger partial charge >= 0.3 is 0 Å². The predicted octanol–water partition coefficient (Wildman–Crippen LogP) is 3.14. The molecule has 0 spiro atoms. The molecule has 2 atom stereocenters. The molecule has 0 aromatic heterocycles. The van der Waals surface area contributed by atoms with Crippen molar-refractivity contribution < 1.29 is 22.7 Å². The second-order valence-electron chi connectivity index (χ2n) is 6.81. The summed E-state index contributed by atoms with van der Waals surface area (Å²) < 4.78 is 48.3. The van der Waals surface area contributed by atoms with E-state index in [1.807, 2.05) is 12.1 Å². The standard InChI is InChI=1S/C21H19FN2O4S/c22-16-12-14(23)9-10-18(16)28-19-7-3-4-8-20(19)29(26,27)24-21-15-6-2-1-5-13(15)11-17(21)25/h1-10,12,17,21,24-25H,11,23H2. The van der Waals surface area contributed by atoms with Crippen LogP contribution in [0.4, 0.5) is 10.1 Å². The molecule has 3 aromatic carbocycles. The fraction of sp³-hybridized carbons (Fsp3) is 0.143. The summed E-state index contributed by atoms with van der Waals surface area (Å²) in [4.78, 5) is -0.159. The van der Waals surface area contributed by atoms with Crippen LogP contribution in [0.15, 0.2) is 71.6 Å². The number of aliphatic hydroxyl groups excluding tert-OH is 1. The molecular weight excluding hydrogens is 395 g/mol. The van der Waals surface area contributed by atoms with Gasteiger partial charge in [0.25, 0.3) is 0 Å². The van der Waals surface area contributed by atoms with E-state index in [0.29, 0.717) is 6.42 Å². The largest absolute Gasteiger partial charge is 0.453 e. The van der Waals surface area contributed by atoms with Crippen molar-refractivity contribution in [1.29, 1.82) is 0 Å². The number of nitrogens with two attached hydrogens (primary N) is 1. The van der Waals surface area contributed by atoms with E-state index in [0.717, 1.165) is 17.2 Å². The van der Waals surface area contributed by atoms with Gasteiger partial charge in [0.15, 0.2) is 11.6 Å². The number of fused-ring (bicyclic) bond motifs is 1. The summed E-state index contributed by atoms with van der Waals surface area (Å²) in [5, 5.41) is 10.4. The zero-order valence-electron chi connectivity index (χ0n) is 15.2. The average Bonchev–Trinajstić information content (AvgIpc) is 2.99. The lowest BCUT2D eigenvalue weighted by molar-refractivity contribution is 0.151. The van der Waals surface area contributed by atoms with Gasteiger partial charge in [-0.2, -0.15) is 0 Å². The molecule has 0 amide bonds. The number of nitrogen functional groups attached to an aromatic ring is 1. The lowest BCUT2D eigenvalue weighted by Gasteiger charge is -2.19. The van der Waals surface area contributed by atoms with Crippen LogP contribution < -0.4 is 15.2 Å². The molecule has 0 saturated carbocycles. The maximum Gasteiger partial charge on any atom is 0.244 e. The minimum Gasteiger partial charge on any atom is -0.453 e. The molecule has 3 aromatic rings. The molecule has 0 heterocycles. The van der Waals surface area contributed by atoms with E-state index < -0.39 is 28.0 Å². The Bertz CT molecular complexity index is 1170. The molecule has 2 unspecified atom stereocenters. The molecule has 1 aliphatic carbocycles. The summed E-state index contributed by atoms with van der Waals surface area (Å²) in [7, 11) is -4.07. The van der Waals surface area contributed by atoms with E-state index >= 15 is 0 Å². The number of para-hydroxylation sites is 1. The maximum atomic E-state index is 14.1. The Hall–Kier alpha value is -2.94. The Morgan fingerprint density at radius 2 is 1.76 bits per heavy atom. The Morgan fingerprint density at radius 1 is 1.03 bits per heavy atom. The highest BCUT2D eigenvalue weighted by molar-refractivity contribution is 7.89. The molecule has 8 heteroatoms. The molecular formula is C21H19FN2O4S. The molecule has 0 bridgehead atoms. The molecule has 6 nitrogen and oxygen atoms in total. The SMILES string of the molecule is Nc1ccc(Oc2ccccc2S(=O)(=O)NC2c3ccccc3CC2O)c(F)c1. The topological polar surface area (TPSA) is 102 Å². The van der Waals surface area contributed by atoms with Crippen molar-refractivity contribution >= 4 is 15.7 Å². The number of hydrogen-bond donors (Lipinski definition) is 3. The Kier molecular flexibility index (Phi) is 4.99. The van der Waals surface area contributed by atoms with E-state index in [1.54, 1.807) is 24.3 Å². The first-order valence-corrected chi connectivity index (χ1v) is 10.4. The van der Waals surface area contributed by atoms with Crippen molar-refractivity contribution in [3.8, 4) is 11.5 Å². The monoisotopic (exact) mass is 414 g/mol. The van der Waals surface area contributed by atoms with Gasteiger partial charge in [-0.3, -0.25) is 0 Å². The minimum atomic E-state index is -4.07. The fourth-order valence-corrected chi connectivity index (χ4v) is 4.80. The van der Waals surface area contributed by atoms with Crippen LogP contribution >= 0.6 is 0 Å². The van der Waals surface area contributed by atoms with Crippen LogP contribution in [0.25, 0.3) is 0 Å². The van der Waals surface area contributed by atoms with Crippen molar-refractivity contribution in [2.24, 2.45) is 0 Å². The fourth-order valence-electron chi connectivity index (χ4n) is 3.42. The van der Waals surface area contributed by atoms with Crippen molar-refractivity contribution in [3.63, 3.8) is 0 Å². The number of benzene rings is 3. The Balaban J connectivity index is 1.66. The van der Waals surface area contributed by atoms with Gasteiger partial charge in [-0.05, 0) is 35.4 Å². The number of rotatable bonds is 5. The van der Waals surface area contributed by atoms with Crippen molar-refractivity contribution in [1.82, 2.24) is 4.72 Å². The third-order valence-corrected chi connectivity index (χ3v) is 6.28. The average molecular weight is 414 g/mol. The summed E-state index contributed by atoms with van der Waals surface area (Å²) in [6.45, 7) is 0. The van der Waals surface area contributed by atoms with Gasteiger partial charge < -0.3 is 15.6 Å². The van der Waals surface area contributed by atoms with E-state index in [1.165, 1.54) is 24.3 Å². The highest BCUT2D eigenvalue weighted by Gasteiger charge is 2.35. The molecule has 0 aliphatic heterocycles. The summed E-state index contributed by atoms with van der Waals surface area (Å²) in [5.41, 5.74) is 7.38. The van der Waals surface area contributed by atoms with Crippen molar-refractivity contribution in [2.45, 2.75) is 23.5 Å². The molecule has 1 aliphatic rings. The van der Waals surface area contributed by atoms with Crippen LogP contribution in [0.3, 0.4) is 0 Å². The van der Waals surface area contributed by atoms with Crippen LogP contribution in [0, 0.1) is 5.82 Å². The van der Waals surface area contributed by atoms with Gasteiger partial charge in [-0.25, -0.2) is 17.5 Å². The molecule has 4 N–H and O–H groups in total. The van der Waals surface area contributed by atoms with Crippen LogP contribution in [-0.4, -0.2) is 19.6 Å². The number of nitrogens with one attached hydrogen (secondary N) is 1. The van der Waals surface area contributed by atoms with Crippen LogP contribution in [0.5, 0.6) is 11.5 Å². The van der Waals surface area contributed by atoms with E-state index in [9.17, 15) is 17.9 Å². The normalized spacial score (nSPS) is 18.4. The zero-order valence-corrected chi connectivity index (χ0v) is 16.1. The third-order valence-electron chi connectivity index (χ3n) is 4.80. The quantitative estimate of drug-likeness (QED) is 0.557. The van der Waals surface area contributed by atoms with Gasteiger partial charge in [0.2, 0.25) is 10.0 Å². The Morgan fingerprint density at radius 3 is 2.55 bits per heavy atom. The van der Waals surface area contributed by atoms with Gasteiger partial charge in [0.1, 0.15) is 10.6 Å². The molecule has 0 fully saturated rings. The van der Waals surface area contributed by atoms with Crippen LogP contribution in [-0.2, 0) is 16.4 Å². The molecule has 150 valence electrons. The summed E-state index contributed by atoms with van der Waals surface area (Å²) in [6.07, 6.45) is -0.525. The molecule has 29 heavy (non-hydrogen) atoms. The van der Waals surface area contributed by atoms with Gasteiger partial charge in [0.05, 0.1) is 12.1 Å². The van der Waals surface area contributed by atoms with Crippen LogP contribution in [0.1, 0.15) is 17.2 Å².